The second-order valence-corrected chi connectivity index (χ2v) is 10.2. The third kappa shape index (κ3) is 4.28. The van der Waals surface area contributed by atoms with Crippen molar-refractivity contribution in [2.24, 2.45) is 0 Å². The number of ether oxygens (including phenoxy) is 1. The van der Waals surface area contributed by atoms with Crippen molar-refractivity contribution in [3.63, 3.8) is 0 Å². The van der Waals surface area contributed by atoms with Gasteiger partial charge in [0.15, 0.2) is 0 Å². The number of hydrogen-bond acceptors (Lipinski definition) is 3. The van der Waals surface area contributed by atoms with Crippen LogP contribution in [0.4, 0.5) is 17.6 Å². The molecule has 2 atom stereocenters. The first-order valence-corrected chi connectivity index (χ1v) is 12.2. The molecule has 0 amide bonds. The van der Waals surface area contributed by atoms with Gasteiger partial charge in [0.1, 0.15) is 23.3 Å². The molecular weight excluding hydrogens is 472 g/mol. The van der Waals surface area contributed by atoms with Crippen LogP contribution in [-0.2, 0) is 6.18 Å². The summed E-state index contributed by atoms with van der Waals surface area (Å²) in [5.74, 6) is 0.0381. The number of aliphatic hydroxyl groups excluding tert-OH is 2. The highest BCUT2D eigenvalue weighted by Gasteiger charge is 2.47. The molecule has 1 unspecified atom stereocenters. The van der Waals surface area contributed by atoms with Gasteiger partial charge in [-0.05, 0) is 83.3 Å². The molecule has 2 N–H and O–H groups in total. The van der Waals surface area contributed by atoms with Gasteiger partial charge in [0.05, 0.1) is 11.7 Å². The normalized spacial score (nSPS) is 19.5. The lowest BCUT2D eigenvalue weighted by molar-refractivity contribution is -0.137. The standard InChI is InChI=1S/C29H28F4O3/c1-16(2)21-14-23-26(22(34)15-28(36-23)12-3-13-28)24(17-6-10-20(30)11-7-17)25(21)27(35)18-4-8-19(9-5-18)29(31,32)33/h4-11,14,16,22,27,34-35H,3,12-13,15H2,1-2H3/t22-,27?/m0/s1. The average Bonchev–Trinajstić information content (AvgIpc) is 2.81. The number of hydrogen-bond donors (Lipinski definition) is 2. The molecule has 7 heteroatoms. The number of fused-ring (bicyclic) bond motifs is 1. The molecule has 1 aliphatic heterocycles. The SMILES string of the molecule is CC(C)c1cc2c(c(-c3ccc(F)cc3)c1C(O)c1ccc(C(F)(F)F)cc1)[C@@H](O)CC1(CCC1)O2. The van der Waals surface area contributed by atoms with Crippen molar-refractivity contribution in [1.29, 1.82) is 0 Å². The van der Waals surface area contributed by atoms with Gasteiger partial charge in [-0.3, -0.25) is 0 Å². The smallest absolute Gasteiger partial charge is 0.416 e. The van der Waals surface area contributed by atoms with Crippen molar-refractivity contribution in [2.45, 2.75) is 69.4 Å². The van der Waals surface area contributed by atoms with Crippen LogP contribution in [0, 0.1) is 5.82 Å². The van der Waals surface area contributed by atoms with Crippen molar-refractivity contribution in [3.05, 3.63) is 88.2 Å². The van der Waals surface area contributed by atoms with E-state index in [0.29, 0.717) is 34.4 Å². The molecule has 1 aliphatic carbocycles. The lowest BCUT2D eigenvalue weighted by atomic mass is 9.71. The summed E-state index contributed by atoms with van der Waals surface area (Å²) in [5.41, 5.74) is 1.94. The van der Waals surface area contributed by atoms with E-state index < -0.39 is 35.4 Å². The van der Waals surface area contributed by atoms with Gasteiger partial charge < -0.3 is 14.9 Å². The Morgan fingerprint density at radius 2 is 1.64 bits per heavy atom. The Balaban J connectivity index is 1.74. The molecule has 5 rings (SSSR count). The summed E-state index contributed by atoms with van der Waals surface area (Å²) in [4.78, 5) is 0. The molecule has 3 aromatic carbocycles. The fourth-order valence-corrected chi connectivity index (χ4v) is 5.45. The third-order valence-electron chi connectivity index (χ3n) is 7.47. The van der Waals surface area contributed by atoms with Crippen molar-refractivity contribution in [3.8, 4) is 16.9 Å². The molecule has 1 spiro atoms. The molecule has 3 nitrogen and oxygen atoms in total. The molecule has 0 aromatic heterocycles. The quantitative estimate of drug-likeness (QED) is 0.366. The maximum Gasteiger partial charge on any atom is 0.416 e. The zero-order chi connectivity index (χ0) is 25.8. The Morgan fingerprint density at radius 3 is 2.17 bits per heavy atom. The molecule has 1 heterocycles. The van der Waals surface area contributed by atoms with E-state index in [1.54, 1.807) is 12.1 Å². The summed E-state index contributed by atoms with van der Waals surface area (Å²) < 4.78 is 59.7. The highest BCUT2D eigenvalue weighted by Crippen LogP contribution is 2.54. The summed E-state index contributed by atoms with van der Waals surface area (Å²) in [7, 11) is 0. The first-order chi connectivity index (χ1) is 17.0. The van der Waals surface area contributed by atoms with E-state index in [2.05, 4.69) is 0 Å². The molecule has 1 fully saturated rings. The topological polar surface area (TPSA) is 49.7 Å². The minimum absolute atomic E-state index is 0.0754. The van der Waals surface area contributed by atoms with Gasteiger partial charge in [-0.2, -0.15) is 13.2 Å². The molecule has 190 valence electrons. The van der Waals surface area contributed by atoms with Crippen molar-refractivity contribution in [2.75, 3.05) is 0 Å². The van der Waals surface area contributed by atoms with Crippen LogP contribution in [0.3, 0.4) is 0 Å². The number of alkyl halides is 3. The van der Waals surface area contributed by atoms with Crippen LogP contribution >= 0.6 is 0 Å². The monoisotopic (exact) mass is 500 g/mol. The summed E-state index contributed by atoms with van der Waals surface area (Å²) in [5, 5.41) is 22.9. The van der Waals surface area contributed by atoms with E-state index in [9.17, 15) is 27.8 Å². The molecule has 0 saturated heterocycles. The van der Waals surface area contributed by atoms with E-state index in [1.807, 2.05) is 19.9 Å². The van der Waals surface area contributed by atoms with Crippen molar-refractivity contribution >= 4 is 0 Å². The van der Waals surface area contributed by atoms with Gasteiger partial charge in [0.2, 0.25) is 0 Å². The summed E-state index contributed by atoms with van der Waals surface area (Å²) in [6, 6.07) is 12.0. The lowest BCUT2D eigenvalue weighted by Crippen LogP contribution is -2.47. The van der Waals surface area contributed by atoms with Crippen LogP contribution in [0.5, 0.6) is 5.75 Å². The third-order valence-corrected chi connectivity index (χ3v) is 7.47. The van der Waals surface area contributed by atoms with Crippen LogP contribution in [0.15, 0.2) is 54.6 Å². The van der Waals surface area contributed by atoms with Gasteiger partial charge in [0, 0.05) is 12.0 Å². The predicted molar refractivity (Wildman–Crippen MR) is 128 cm³/mol. The van der Waals surface area contributed by atoms with E-state index in [0.717, 1.165) is 37.0 Å². The maximum absolute atomic E-state index is 13.8. The second kappa shape index (κ2) is 8.89. The molecular formula is C29H28F4O3. The molecule has 0 bridgehead atoms. The fraction of sp³-hybridized carbons (Fsp3) is 0.379. The molecule has 36 heavy (non-hydrogen) atoms. The first-order valence-electron chi connectivity index (χ1n) is 12.2. The second-order valence-electron chi connectivity index (χ2n) is 10.2. The number of benzene rings is 3. The van der Waals surface area contributed by atoms with Crippen LogP contribution < -0.4 is 4.74 Å². The summed E-state index contributed by atoms with van der Waals surface area (Å²) in [6.45, 7) is 3.91. The Labute approximate surface area is 207 Å². The summed E-state index contributed by atoms with van der Waals surface area (Å²) >= 11 is 0. The van der Waals surface area contributed by atoms with Gasteiger partial charge in [-0.1, -0.05) is 38.1 Å². The Bertz CT molecular complexity index is 1260. The zero-order valence-electron chi connectivity index (χ0n) is 20.1. The van der Waals surface area contributed by atoms with Crippen LogP contribution in [0.1, 0.15) is 85.5 Å². The van der Waals surface area contributed by atoms with Crippen LogP contribution in [0.25, 0.3) is 11.1 Å². The largest absolute Gasteiger partial charge is 0.487 e. The fourth-order valence-electron chi connectivity index (χ4n) is 5.45. The Morgan fingerprint density at radius 1 is 1.00 bits per heavy atom. The van der Waals surface area contributed by atoms with Gasteiger partial charge in [-0.15, -0.1) is 0 Å². The van der Waals surface area contributed by atoms with Gasteiger partial charge >= 0.3 is 6.18 Å². The zero-order valence-corrected chi connectivity index (χ0v) is 20.1. The number of halogens is 4. The van der Waals surface area contributed by atoms with Crippen LogP contribution in [-0.4, -0.2) is 15.8 Å². The minimum atomic E-state index is -4.49. The molecule has 2 aliphatic rings. The van der Waals surface area contributed by atoms with Gasteiger partial charge in [-0.25, -0.2) is 4.39 Å². The first kappa shape index (κ1) is 24.8. The minimum Gasteiger partial charge on any atom is -0.487 e. The molecule has 1 saturated carbocycles. The number of rotatable bonds is 4. The maximum atomic E-state index is 13.8. The highest BCUT2D eigenvalue weighted by atomic mass is 19.4. The lowest BCUT2D eigenvalue weighted by Gasteiger charge is -2.47. The van der Waals surface area contributed by atoms with Crippen molar-refractivity contribution < 1.29 is 32.5 Å². The Hall–Kier alpha value is -2.90. The number of aliphatic hydroxyl groups is 2. The van der Waals surface area contributed by atoms with E-state index >= 15 is 0 Å². The Kier molecular flexibility index (Phi) is 6.12. The predicted octanol–water partition coefficient (Wildman–Crippen LogP) is 7.46. The van der Waals surface area contributed by atoms with Gasteiger partial charge in [0.25, 0.3) is 0 Å². The molecule has 0 radical (unpaired) electrons. The highest BCUT2D eigenvalue weighted by molar-refractivity contribution is 5.78. The van der Waals surface area contributed by atoms with Crippen LogP contribution in [0.2, 0.25) is 0 Å². The van der Waals surface area contributed by atoms with Crippen molar-refractivity contribution in [1.82, 2.24) is 0 Å². The molecule has 3 aromatic rings. The van der Waals surface area contributed by atoms with E-state index in [4.69, 9.17) is 4.74 Å². The summed E-state index contributed by atoms with van der Waals surface area (Å²) in [6.07, 6.45) is -3.50. The van der Waals surface area contributed by atoms with E-state index in [-0.39, 0.29) is 11.5 Å². The average molecular weight is 501 g/mol. The van der Waals surface area contributed by atoms with E-state index in [1.165, 1.54) is 24.3 Å².